The Hall–Kier alpha value is -2.73. The predicted octanol–water partition coefficient (Wildman–Crippen LogP) is 3.70. The Bertz CT molecular complexity index is 1280. The van der Waals surface area contributed by atoms with Crippen LogP contribution < -0.4 is 14.4 Å². The van der Waals surface area contributed by atoms with Gasteiger partial charge in [0, 0.05) is 37.3 Å². The number of hydrogen-bond donors (Lipinski definition) is 0. The quantitative estimate of drug-likeness (QED) is 0.393. The predicted molar refractivity (Wildman–Crippen MR) is 142 cm³/mol. The van der Waals surface area contributed by atoms with E-state index in [9.17, 15) is 13.2 Å². The Balaban J connectivity index is 1.64. The lowest BCUT2D eigenvalue weighted by Gasteiger charge is -2.21. The molecule has 1 aliphatic heterocycles. The molecule has 0 atom stereocenters. The van der Waals surface area contributed by atoms with Crippen LogP contribution in [0.25, 0.3) is 10.2 Å². The van der Waals surface area contributed by atoms with Crippen molar-refractivity contribution in [3.8, 4) is 11.5 Å². The van der Waals surface area contributed by atoms with Crippen LogP contribution in [-0.2, 0) is 10.0 Å². The summed E-state index contributed by atoms with van der Waals surface area (Å²) in [5.74, 6) is 0.944. The van der Waals surface area contributed by atoms with Crippen LogP contribution in [0, 0.1) is 0 Å². The third-order valence-electron chi connectivity index (χ3n) is 6.15. The van der Waals surface area contributed by atoms with Crippen LogP contribution in [0.1, 0.15) is 29.6 Å². The third-order valence-corrected chi connectivity index (χ3v) is 9.10. The van der Waals surface area contributed by atoms with Gasteiger partial charge in [0.2, 0.25) is 10.0 Å². The zero-order valence-corrected chi connectivity index (χ0v) is 22.7. The number of sulfonamides is 1. The molecule has 1 fully saturated rings. The van der Waals surface area contributed by atoms with Crippen LogP contribution in [0.15, 0.2) is 41.3 Å². The molecule has 3 aromatic rings. The van der Waals surface area contributed by atoms with Gasteiger partial charge >= 0.3 is 0 Å². The first-order valence-corrected chi connectivity index (χ1v) is 14.1. The summed E-state index contributed by atoms with van der Waals surface area (Å²) in [6, 6.07) is 9.87. The first-order valence-electron chi connectivity index (χ1n) is 11.8. The highest BCUT2D eigenvalue weighted by molar-refractivity contribution is 7.89. The summed E-state index contributed by atoms with van der Waals surface area (Å²) in [5.41, 5.74) is 1.12. The molecule has 36 heavy (non-hydrogen) atoms. The average molecular weight is 533 g/mol. The van der Waals surface area contributed by atoms with E-state index < -0.39 is 10.0 Å². The monoisotopic (exact) mass is 532 g/mol. The number of hydrogen-bond acceptors (Lipinski definition) is 8. The number of benzene rings is 2. The maximum atomic E-state index is 13.6. The zero-order valence-electron chi connectivity index (χ0n) is 21.1. The highest BCUT2D eigenvalue weighted by Crippen LogP contribution is 2.37. The van der Waals surface area contributed by atoms with Crippen LogP contribution >= 0.6 is 11.3 Å². The number of aromatic nitrogens is 1. The minimum atomic E-state index is -3.54. The molecule has 0 radical (unpaired) electrons. The Morgan fingerprint density at radius 2 is 1.67 bits per heavy atom. The van der Waals surface area contributed by atoms with Crippen LogP contribution in [-0.4, -0.2) is 83.0 Å². The summed E-state index contributed by atoms with van der Waals surface area (Å²) in [7, 11) is 3.59. The van der Waals surface area contributed by atoms with Crippen LogP contribution in [0.4, 0.5) is 5.13 Å². The topological polar surface area (TPSA) is 92.3 Å². The highest BCUT2D eigenvalue weighted by atomic mass is 32.2. The summed E-state index contributed by atoms with van der Waals surface area (Å²) >= 11 is 1.40. The van der Waals surface area contributed by atoms with E-state index in [1.54, 1.807) is 37.3 Å². The van der Waals surface area contributed by atoms with Gasteiger partial charge in [0.15, 0.2) is 16.6 Å². The molecule has 1 aliphatic rings. The second-order valence-electron chi connectivity index (χ2n) is 8.92. The Morgan fingerprint density at radius 3 is 2.28 bits per heavy atom. The average Bonchev–Trinajstić information content (AvgIpc) is 3.55. The summed E-state index contributed by atoms with van der Waals surface area (Å²) in [5, 5.41) is 0.567. The van der Waals surface area contributed by atoms with Gasteiger partial charge in [-0.25, -0.2) is 13.4 Å². The van der Waals surface area contributed by atoms with E-state index in [0.717, 1.165) is 30.5 Å². The molecule has 0 aliphatic carbocycles. The standard InChI is InChI=1S/C25H32N4O5S2/c1-27(2)12-7-15-29(25-26-20-16-21(33-3)22(34-4)17-23(20)35-25)24(30)18-8-10-19(11-9-18)36(31,32)28-13-5-6-14-28/h8-11,16-17H,5-7,12-15H2,1-4H3. The summed E-state index contributed by atoms with van der Waals surface area (Å²) in [4.78, 5) is 22.3. The van der Waals surface area contributed by atoms with Gasteiger partial charge in [0.1, 0.15) is 0 Å². The molecule has 2 heterocycles. The van der Waals surface area contributed by atoms with Crippen molar-refractivity contribution in [2.45, 2.75) is 24.2 Å². The molecule has 0 spiro atoms. The normalized spacial score (nSPS) is 14.5. The molecule has 1 aromatic heterocycles. The van der Waals surface area contributed by atoms with Crippen molar-refractivity contribution in [1.82, 2.24) is 14.2 Å². The maximum absolute atomic E-state index is 13.6. The Kier molecular flexibility index (Phi) is 8.13. The van der Waals surface area contributed by atoms with Gasteiger partial charge < -0.3 is 14.4 Å². The molecular formula is C25H32N4O5S2. The van der Waals surface area contributed by atoms with Crippen LogP contribution in [0.2, 0.25) is 0 Å². The number of methoxy groups -OCH3 is 2. The van der Waals surface area contributed by atoms with Crippen molar-refractivity contribution in [3.63, 3.8) is 0 Å². The molecule has 4 rings (SSSR count). The van der Waals surface area contributed by atoms with Crippen molar-refractivity contribution in [2.24, 2.45) is 0 Å². The van der Waals surface area contributed by atoms with Gasteiger partial charge in [-0.05, 0) is 64.2 Å². The minimum absolute atomic E-state index is 0.208. The fourth-order valence-electron chi connectivity index (χ4n) is 4.19. The highest BCUT2D eigenvalue weighted by Gasteiger charge is 2.28. The number of rotatable bonds is 10. The van der Waals surface area contributed by atoms with Gasteiger partial charge in [-0.1, -0.05) is 11.3 Å². The van der Waals surface area contributed by atoms with E-state index in [-0.39, 0.29) is 10.8 Å². The minimum Gasteiger partial charge on any atom is -0.493 e. The molecule has 0 saturated carbocycles. The fraction of sp³-hybridized carbons (Fsp3) is 0.440. The fourth-order valence-corrected chi connectivity index (χ4v) is 6.71. The number of anilines is 1. The van der Waals surface area contributed by atoms with Crippen LogP contribution in [0.5, 0.6) is 11.5 Å². The molecule has 0 N–H and O–H groups in total. The number of amides is 1. The van der Waals surface area contributed by atoms with E-state index in [0.29, 0.717) is 47.3 Å². The molecular weight excluding hydrogens is 500 g/mol. The number of carbonyl (C=O) groups excluding carboxylic acids is 1. The van der Waals surface area contributed by atoms with Crippen molar-refractivity contribution in [1.29, 1.82) is 0 Å². The molecule has 194 valence electrons. The summed E-state index contributed by atoms with van der Waals surface area (Å²) in [6.45, 7) is 2.36. The lowest BCUT2D eigenvalue weighted by atomic mass is 10.2. The maximum Gasteiger partial charge on any atom is 0.260 e. The van der Waals surface area contributed by atoms with Crippen molar-refractivity contribution < 1.29 is 22.7 Å². The second kappa shape index (κ2) is 11.1. The number of ether oxygens (including phenoxy) is 2. The lowest BCUT2D eigenvalue weighted by Crippen LogP contribution is -2.33. The second-order valence-corrected chi connectivity index (χ2v) is 11.9. The molecule has 11 heteroatoms. The SMILES string of the molecule is COc1cc2nc(N(CCCN(C)C)C(=O)c3ccc(S(=O)(=O)N4CCCC4)cc3)sc2cc1OC. The molecule has 1 saturated heterocycles. The number of fused-ring (bicyclic) bond motifs is 1. The number of nitrogens with zero attached hydrogens (tertiary/aromatic N) is 4. The first-order chi connectivity index (χ1) is 17.2. The van der Waals surface area contributed by atoms with Gasteiger partial charge in [-0.15, -0.1) is 0 Å². The summed E-state index contributed by atoms with van der Waals surface area (Å²) in [6.07, 6.45) is 2.50. The van der Waals surface area contributed by atoms with E-state index >= 15 is 0 Å². The number of carbonyl (C=O) groups is 1. The Labute approximate surface area is 216 Å². The van der Waals surface area contributed by atoms with E-state index in [1.807, 2.05) is 20.2 Å². The molecule has 1 amide bonds. The van der Waals surface area contributed by atoms with E-state index in [1.165, 1.54) is 27.8 Å². The van der Waals surface area contributed by atoms with Crippen molar-refractivity contribution in [2.75, 3.05) is 59.4 Å². The first kappa shape index (κ1) is 26.3. The molecule has 9 nitrogen and oxygen atoms in total. The largest absolute Gasteiger partial charge is 0.493 e. The van der Waals surface area contributed by atoms with Gasteiger partial charge in [-0.3, -0.25) is 9.69 Å². The van der Waals surface area contributed by atoms with Crippen LogP contribution in [0.3, 0.4) is 0 Å². The van der Waals surface area contributed by atoms with Gasteiger partial charge in [-0.2, -0.15) is 4.31 Å². The third kappa shape index (κ3) is 5.49. The smallest absolute Gasteiger partial charge is 0.260 e. The van der Waals surface area contributed by atoms with Crippen molar-refractivity contribution in [3.05, 3.63) is 42.0 Å². The Morgan fingerprint density at radius 1 is 1.03 bits per heavy atom. The molecule has 2 aromatic carbocycles. The van der Waals surface area contributed by atoms with Gasteiger partial charge in [0.25, 0.3) is 5.91 Å². The number of thiazole rings is 1. The summed E-state index contributed by atoms with van der Waals surface area (Å²) < 4.78 is 38.9. The van der Waals surface area contributed by atoms with E-state index in [2.05, 4.69) is 4.90 Å². The van der Waals surface area contributed by atoms with E-state index in [4.69, 9.17) is 14.5 Å². The molecule has 0 unspecified atom stereocenters. The molecule has 0 bridgehead atoms. The van der Waals surface area contributed by atoms with Gasteiger partial charge in [0.05, 0.1) is 29.3 Å². The lowest BCUT2D eigenvalue weighted by molar-refractivity contribution is 0.0986. The zero-order chi connectivity index (χ0) is 25.9. The van der Waals surface area contributed by atoms with Crippen molar-refractivity contribution >= 4 is 42.6 Å².